The first kappa shape index (κ1) is 11.7. The van der Waals surface area contributed by atoms with E-state index in [1.807, 2.05) is 18.2 Å². The molecule has 1 heterocycles. The molecule has 1 aromatic heterocycles. The van der Waals surface area contributed by atoms with Gasteiger partial charge in [0.25, 0.3) is 0 Å². The van der Waals surface area contributed by atoms with Crippen molar-refractivity contribution in [1.82, 2.24) is 9.55 Å². The van der Waals surface area contributed by atoms with E-state index in [4.69, 9.17) is 22.3 Å². The molecule has 0 spiro atoms. The van der Waals surface area contributed by atoms with Crippen LogP contribution in [0.15, 0.2) is 18.2 Å². The molecule has 2 aliphatic carbocycles. The number of rotatable bonds is 3. The molecule has 4 rings (SSSR count). The first-order valence-electron chi connectivity index (χ1n) is 7.04. The summed E-state index contributed by atoms with van der Waals surface area (Å²) in [5.74, 6) is 1.63. The Morgan fingerprint density at radius 1 is 1.32 bits per heavy atom. The predicted octanol–water partition coefficient (Wildman–Crippen LogP) is 3.61. The van der Waals surface area contributed by atoms with Gasteiger partial charge in [0.2, 0.25) is 0 Å². The van der Waals surface area contributed by atoms with Crippen molar-refractivity contribution in [3.05, 3.63) is 29.0 Å². The van der Waals surface area contributed by atoms with Crippen molar-refractivity contribution in [2.75, 3.05) is 0 Å². The summed E-state index contributed by atoms with van der Waals surface area (Å²) < 4.78 is 2.35. The van der Waals surface area contributed by atoms with Gasteiger partial charge in [0.1, 0.15) is 5.82 Å². The molecule has 2 aromatic rings. The van der Waals surface area contributed by atoms with Crippen molar-refractivity contribution in [3.63, 3.8) is 0 Å². The van der Waals surface area contributed by atoms with Gasteiger partial charge in [-0.05, 0) is 56.7 Å². The summed E-state index contributed by atoms with van der Waals surface area (Å²) in [5.41, 5.74) is 8.44. The highest BCUT2D eigenvalue weighted by molar-refractivity contribution is 6.31. The number of hydrogen-bond acceptors (Lipinski definition) is 2. The Hall–Kier alpha value is -1.06. The summed E-state index contributed by atoms with van der Waals surface area (Å²) in [5, 5.41) is 0.769. The topological polar surface area (TPSA) is 43.8 Å². The lowest BCUT2D eigenvalue weighted by Crippen LogP contribution is -2.38. The number of nitrogens with zero attached hydrogens (tertiary/aromatic N) is 2. The fourth-order valence-corrected chi connectivity index (χ4v) is 3.18. The summed E-state index contributed by atoms with van der Waals surface area (Å²) >= 11 is 6.14. The van der Waals surface area contributed by atoms with Gasteiger partial charge in [-0.15, -0.1) is 0 Å². The van der Waals surface area contributed by atoms with Crippen LogP contribution in [-0.4, -0.2) is 9.55 Å². The molecule has 1 aromatic carbocycles. The minimum absolute atomic E-state index is 0.311. The van der Waals surface area contributed by atoms with E-state index in [0.717, 1.165) is 21.9 Å². The molecular weight excluding hydrogens is 258 g/mol. The molecule has 2 N–H and O–H groups in total. The quantitative estimate of drug-likeness (QED) is 0.930. The summed E-state index contributed by atoms with van der Waals surface area (Å²) in [4.78, 5) is 4.83. The Morgan fingerprint density at radius 3 is 2.68 bits per heavy atom. The molecule has 2 aliphatic rings. The molecule has 3 nitrogen and oxygen atoms in total. The zero-order valence-electron chi connectivity index (χ0n) is 11.1. The van der Waals surface area contributed by atoms with E-state index < -0.39 is 0 Å². The van der Waals surface area contributed by atoms with Crippen LogP contribution in [0.1, 0.15) is 44.5 Å². The minimum atomic E-state index is -0.311. The minimum Gasteiger partial charge on any atom is -0.323 e. The van der Waals surface area contributed by atoms with Gasteiger partial charge < -0.3 is 10.3 Å². The standard InChI is InChI=1S/C15H18ClN3/c1-15(17,9-2-3-9)14-18-12-7-4-10(16)8-13(12)19(14)11-5-6-11/h4,7-9,11H,2-3,5-6,17H2,1H3. The Kier molecular flexibility index (Phi) is 2.31. The maximum absolute atomic E-state index is 6.60. The number of aromatic nitrogens is 2. The van der Waals surface area contributed by atoms with Crippen LogP contribution in [0.5, 0.6) is 0 Å². The van der Waals surface area contributed by atoms with Crippen LogP contribution in [0.3, 0.4) is 0 Å². The molecule has 2 fully saturated rings. The second-order valence-electron chi connectivity index (χ2n) is 6.23. The first-order valence-corrected chi connectivity index (χ1v) is 7.42. The maximum Gasteiger partial charge on any atom is 0.130 e. The van der Waals surface area contributed by atoms with Gasteiger partial charge in [-0.25, -0.2) is 4.98 Å². The molecule has 4 heteroatoms. The second-order valence-corrected chi connectivity index (χ2v) is 6.66. The monoisotopic (exact) mass is 275 g/mol. The molecule has 0 aliphatic heterocycles. The smallest absolute Gasteiger partial charge is 0.130 e. The van der Waals surface area contributed by atoms with Gasteiger partial charge in [-0.2, -0.15) is 0 Å². The summed E-state index contributed by atoms with van der Waals surface area (Å²) in [6.07, 6.45) is 4.90. The molecule has 1 unspecified atom stereocenters. The fourth-order valence-electron chi connectivity index (χ4n) is 3.01. The van der Waals surface area contributed by atoms with Gasteiger partial charge in [0.15, 0.2) is 0 Å². The lowest BCUT2D eigenvalue weighted by Gasteiger charge is -2.25. The summed E-state index contributed by atoms with van der Waals surface area (Å²) in [7, 11) is 0. The van der Waals surface area contributed by atoms with E-state index in [9.17, 15) is 0 Å². The number of imidazole rings is 1. The Morgan fingerprint density at radius 2 is 2.05 bits per heavy atom. The van der Waals surface area contributed by atoms with Crippen LogP contribution in [0.2, 0.25) is 5.02 Å². The molecular formula is C15H18ClN3. The lowest BCUT2D eigenvalue weighted by molar-refractivity contribution is 0.383. The Bertz CT molecular complexity index is 651. The fraction of sp³-hybridized carbons (Fsp3) is 0.533. The van der Waals surface area contributed by atoms with Gasteiger partial charge in [0, 0.05) is 11.1 Å². The number of halogens is 1. The average molecular weight is 276 g/mol. The molecule has 100 valence electrons. The molecule has 2 saturated carbocycles. The van der Waals surface area contributed by atoms with E-state index in [-0.39, 0.29) is 5.54 Å². The highest BCUT2D eigenvalue weighted by atomic mass is 35.5. The third kappa shape index (κ3) is 1.79. The third-order valence-electron chi connectivity index (χ3n) is 4.47. The Labute approximate surface area is 117 Å². The van der Waals surface area contributed by atoms with E-state index in [2.05, 4.69) is 11.5 Å². The molecule has 0 saturated heterocycles. The van der Waals surface area contributed by atoms with Crippen molar-refractivity contribution in [2.24, 2.45) is 11.7 Å². The van der Waals surface area contributed by atoms with Crippen LogP contribution in [0.4, 0.5) is 0 Å². The molecule has 0 amide bonds. The van der Waals surface area contributed by atoms with Crippen LogP contribution in [0.25, 0.3) is 11.0 Å². The summed E-state index contributed by atoms with van der Waals surface area (Å²) in [6.45, 7) is 2.13. The van der Waals surface area contributed by atoms with E-state index in [1.165, 1.54) is 25.7 Å². The predicted molar refractivity (Wildman–Crippen MR) is 77.3 cm³/mol. The van der Waals surface area contributed by atoms with E-state index in [1.54, 1.807) is 0 Å². The zero-order valence-corrected chi connectivity index (χ0v) is 11.8. The van der Waals surface area contributed by atoms with Crippen molar-refractivity contribution in [2.45, 2.75) is 44.2 Å². The van der Waals surface area contributed by atoms with E-state index >= 15 is 0 Å². The van der Waals surface area contributed by atoms with Gasteiger partial charge in [-0.3, -0.25) is 0 Å². The normalized spacial score (nSPS) is 22.7. The SMILES string of the molecule is CC(N)(c1nc2ccc(Cl)cc2n1C1CC1)C1CC1. The maximum atomic E-state index is 6.60. The average Bonchev–Trinajstić information content (AvgIpc) is 3.23. The number of hydrogen-bond donors (Lipinski definition) is 1. The van der Waals surface area contributed by atoms with Crippen LogP contribution < -0.4 is 5.73 Å². The van der Waals surface area contributed by atoms with E-state index in [0.29, 0.717) is 12.0 Å². The first-order chi connectivity index (χ1) is 9.07. The number of benzene rings is 1. The molecule has 19 heavy (non-hydrogen) atoms. The van der Waals surface area contributed by atoms with Crippen molar-refractivity contribution < 1.29 is 0 Å². The highest BCUT2D eigenvalue weighted by Gasteiger charge is 2.44. The van der Waals surface area contributed by atoms with Gasteiger partial charge in [-0.1, -0.05) is 11.6 Å². The van der Waals surface area contributed by atoms with Gasteiger partial charge >= 0.3 is 0 Å². The second kappa shape index (κ2) is 3.74. The van der Waals surface area contributed by atoms with Crippen molar-refractivity contribution >= 4 is 22.6 Å². The van der Waals surface area contributed by atoms with Crippen LogP contribution >= 0.6 is 11.6 Å². The molecule has 0 bridgehead atoms. The van der Waals surface area contributed by atoms with Crippen LogP contribution in [0, 0.1) is 5.92 Å². The van der Waals surface area contributed by atoms with Crippen LogP contribution in [-0.2, 0) is 5.54 Å². The highest BCUT2D eigenvalue weighted by Crippen LogP contribution is 2.47. The lowest BCUT2D eigenvalue weighted by atomic mass is 9.96. The van der Waals surface area contributed by atoms with Crippen molar-refractivity contribution in [1.29, 1.82) is 0 Å². The largest absolute Gasteiger partial charge is 0.323 e. The third-order valence-corrected chi connectivity index (χ3v) is 4.71. The summed E-state index contributed by atoms with van der Waals surface area (Å²) in [6, 6.07) is 6.50. The zero-order chi connectivity index (χ0) is 13.2. The molecule has 0 radical (unpaired) electrons. The Balaban J connectivity index is 1.96. The molecule has 1 atom stereocenters. The van der Waals surface area contributed by atoms with Crippen molar-refractivity contribution in [3.8, 4) is 0 Å². The number of fused-ring (bicyclic) bond motifs is 1. The van der Waals surface area contributed by atoms with Gasteiger partial charge in [0.05, 0.1) is 16.6 Å². The number of nitrogens with two attached hydrogens (primary N) is 1.